The van der Waals surface area contributed by atoms with Crippen LogP contribution in [-0.4, -0.2) is 33.8 Å². The van der Waals surface area contributed by atoms with Gasteiger partial charge in [0.05, 0.1) is 22.9 Å². The Kier molecular flexibility index (Phi) is 8.72. The van der Waals surface area contributed by atoms with Crippen LogP contribution in [0.4, 0.5) is 0 Å². The van der Waals surface area contributed by atoms with Gasteiger partial charge in [0.2, 0.25) is 0 Å². The molecule has 0 bridgehead atoms. The van der Waals surface area contributed by atoms with Crippen molar-refractivity contribution in [1.82, 2.24) is 25.4 Å². The normalized spacial score (nSPS) is 13.3. The number of hydrogen-bond donors (Lipinski definition) is 2. The Morgan fingerprint density at radius 2 is 2.00 bits per heavy atom. The van der Waals surface area contributed by atoms with E-state index in [-0.39, 0.29) is 35.4 Å². The summed E-state index contributed by atoms with van der Waals surface area (Å²) in [7, 11) is 3.79. The SMILES string of the molecule is CN=C(NCc1csc(C(C)(C)C)n1)NC(C)Cc1c(C)nn(C)c1C.I. The number of rotatable bonds is 5. The van der Waals surface area contributed by atoms with Crippen molar-refractivity contribution in [2.75, 3.05) is 7.05 Å². The van der Waals surface area contributed by atoms with Gasteiger partial charge < -0.3 is 10.6 Å². The van der Waals surface area contributed by atoms with E-state index in [4.69, 9.17) is 4.98 Å². The lowest BCUT2D eigenvalue weighted by atomic mass is 9.98. The molecular formula is C19H33IN6S. The molecule has 0 aliphatic carbocycles. The van der Waals surface area contributed by atoms with E-state index < -0.39 is 0 Å². The maximum absolute atomic E-state index is 4.72. The van der Waals surface area contributed by atoms with Crippen LogP contribution in [0.25, 0.3) is 0 Å². The Hall–Kier alpha value is -1.16. The van der Waals surface area contributed by atoms with Crippen molar-refractivity contribution in [3.8, 4) is 0 Å². The second-order valence-electron chi connectivity index (χ2n) is 7.84. The number of guanidine groups is 1. The molecular weight excluding hydrogens is 471 g/mol. The number of hydrogen-bond acceptors (Lipinski definition) is 4. The fourth-order valence-corrected chi connectivity index (χ4v) is 3.71. The second kappa shape index (κ2) is 9.86. The summed E-state index contributed by atoms with van der Waals surface area (Å²) in [4.78, 5) is 9.06. The van der Waals surface area contributed by atoms with E-state index in [1.807, 2.05) is 11.7 Å². The van der Waals surface area contributed by atoms with Crippen LogP contribution in [-0.2, 0) is 25.4 Å². The molecule has 0 spiro atoms. The number of aliphatic imine (C=N–C) groups is 1. The van der Waals surface area contributed by atoms with Crippen LogP contribution in [0.15, 0.2) is 10.4 Å². The Balaban J connectivity index is 0.00000364. The molecule has 0 amide bonds. The lowest BCUT2D eigenvalue weighted by molar-refractivity contribution is 0.581. The average Bonchev–Trinajstić information content (AvgIpc) is 3.12. The zero-order chi connectivity index (χ0) is 19.5. The van der Waals surface area contributed by atoms with E-state index in [2.05, 4.69) is 67.6 Å². The highest BCUT2D eigenvalue weighted by Gasteiger charge is 2.18. The van der Waals surface area contributed by atoms with Gasteiger partial charge in [-0.1, -0.05) is 20.8 Å². The minimum Gasteiger partial charge on any atom is -0.354 e. The molecule has 0 aliphatic rings. The Labute approximate surface area is 184 Å². The molecule has 2 N–H and O–H groups in total. The third-order valence-corrected chi connectivity index (χ3v) is 5.72. The molecule has 8 heteroatoms. The first-order valence-electron chi connectivity index (χ1n) is 9.03. The molecule has 0 saturated heterocycles. The van der Waals surface area contributed by atoms with Gasteiger partial charge in [-0.2, -0.15) is 5.10 Å². The molecule has 1 unspecified atom stereocenters. The summed E-state index contributed by atoms with van der Waals surface area (Å²) in [6.45, 7) is 13.6. The Bertz CT molecular complexity index is 772. The number of aromatic nitrogens is 3. The summed E-state index contributed by atoms with van der Waals surface area (Å²) in [6.07, 6.45) is 0.914. The molecule has 0 aliphatic heterocycles. The topological polar surface area (TPSA) is 67.1 Å². The van der Waals surface area contributed by atoms with Gasteiger partial charge in [0.15, 0.2) is 5.96 Å². The van der Waals surface area contributed by atoms with Crippen LogP contribution in [0.2, 0.25) is 0 Å². The molecule has 2 aromatic heterocycles. The van der Waals surface area contributed by atoms with Crippen molar-refractivity contribution < 1.29 is 0 Å². The van der Waals surface area contributed by atoms with Crippen LogP contribution in [0.3, 0.4) is 0 Å². The van der Waals surface area contributed by atoms with E-state index in [1.54, 1.807) is 18.4 Å². The van der Waals surface area contributed by atoms with Gasteiger partial charge in [-0.05, 0) is 32.8 Å². The molecule has 152 valence electrons. The van der Waals surface area contributed by atoms with Gasteiger partial charge in [0.25, 0.3) is 0 Å². The maximum Gasteiger partial charge on any atom is 0.191 e. The average molecular weight is 504 g/mol. The first kappa shape index (κ1) is 23.9. The highest BCUT2D eigenvalue weighted by Crippen LogP contribution is 2.25. The molecule has 0 aromatic carbocycles. The van der Waals surface area contributed by atoms with E-state index >= 15 is 0 Å². The number of nitrogens with one attached hydrogen (secondary N) is 2. The van der Waals surface area contributed by atoms with Gasteiger partial charge in [-0.25, -0.2) is 4.98 Å². The monoisotopic (exact) mass is 504 g/mol. The smallest absolute Gasteiger partial charge is 0.191 e. The minimum absolute atomic E-state index is 0. The largest absolute Gasteiger partial charge is 0.354 e. The predicted octanol–water partition coefficient (Wildman–Crippen LogP) is 3.71. The van der Waals surface area contributed by atoms with Gasteiger partial charge in [-0.3, -0.25) is 9.67 Å². The quantitative estimate of drug-likeness (QED) is 0.370. The van der Waals surface area contributed by atoms with Crippen LogP contribution in [0.5, 0.6) is 0 Å². The van der Waals surface area contributed by atoms with Crippen LogP contribution < -0.4 is 10.6 Å². The summed E-state index contributed by atoms with van der Waals surface area (Å²) < 4.78 is 1.94. The first-order chi connectivity index (χ1) is 12.1. The van der Waals surface area contributed by atoms with E-state index in [0.29, 0.717) is 6.54 Å². The van der Waals surface area contributed by atoms with Crippen molar-refractivity contribution in [2.24, 2.45) is 12.0 Å². The summed E-state index contributed by atoms with van der Waals surface area (Å²) in [5, 5.41) is 14.6. The summed E-state index contributed by atoms with van der Waals surface area (Å²) in [5.74, 6) is 0.794. The maximum atomic E-state index is 4.72. The summed E-state index contributed by atoms with van der Waals surface area (Å²) in [6, 6.07) is 0.253. The fraction of sp³-hybridized carbons (Fsp3) is 0.632. The lowest BCUT2D eigenvalue weighted by Gasteiger charge is -2.18. The molecule has 2 rings (SSSR count). The van der Waals surface area contributed by atoms with Crippen molar-refractivity contribution in [1.29, 1.82) is 0 Å². The van der Waals surface area contributed by atoms with Gasteiger partial charge >= 0.3 is 0 Å². The standard InChI is InChI=1S/C19H32N6S.HI/c1-12(9-16-13(2)24-25(8)14(16)3)22-18(20-7)21-10-15-11-26-17(23-15)19(4,5)6;/h11-12H,9-10H2,1-8H3,(H2,20,21,22);1H. The lowest BCUT2D eigenvalue weighted by Crippen LogP contribution is -2.42. The molecule has 6 nitrogen and oxygen atoms in total. The van der Waals surface area contributed by atoms with Crippen LogP contribution in [0, 0.1) is 13.8 Å². The van der Waals surface area contributed by atoms with Crippen molar-refractivity contribution in [2.45, 2.75) is 66.0 Å². The number of halogens is 1. The van der Waals surface area contributed by atoms with E-state index in [0.717, 1.165) is 28.8 Å². The van der Waals surface area contributed by atoms with Gasteiger partial charge in [-0.15, -0.1) is 35.3 Å². The number of nitrogens with zero attached hydrogens (tertiary/aromatic N) is 4. The Morgan fingerprint density at radius 1 is 1.33 bits per heavy atom. The minimum atomic E-state index is 0. The Morgan fingerprint density at radius 3 is 2.48 bits per heavy atom. The second-order valence-corrected chi connectivity index (χ2v) is 8.70. The summed E-state index contributed by atoms with van der Waals surface area (Å²) >= 11 is 1.72. The zero-order valence-electron chi connectivity index (χ0n) is 17.7. The predicted molar refractivity (Wildman–Crippen MR) is 125 cm³/mol. The third-order valence-electron chi connectivity index (χ3n) is 4.41. The van der Waals surface area contributed by atoms with Crippen LogP contribution >= 0.6 is 35.3 Å². The molecule has 0 fully saturated rings. The fourth-order valence-electron chi connectivity index (χ4n) is 2.81. The number of thiazole rings is 1. The molecule has 2 aromatic rings. The van der Waals surface area contributed by atoms with Gasteiger partial charge in [0.1, 0.15) is 0 Å². The third kappa shape index (κ3) is 6.44. The summed E-state index contributed by atoms with van der Waals surface area (Å²) in [5.41, 5.74) is 4.76. The zero-order valence-corrected chi connectivity index (χ0v) is 20.8. The van der Waals surface area contributed by atoms with Crippen molar-refractivity contribution in [3.63, 3.8) is 0 Å². The molecule has 0 saturated carbocycles. The van der Waals surface area contributed by atoms with E-state index in [1.165, 1.54) is 11.3 Å². The number of aryl methyl sites for hydroxylation is 2. The van der Waals surface area contributed by atoms with Crippen LogP contribution in [0.1, 0.15) is 55.3 Å². The van der Waals surface area contributed by atoms with Gasteiger partial charge in [0, 0.05) is 36.6 Å². The first-order valence-corrected chi connectivity index (χ1v) is 9.91. The van der Waals surface area contributed by atoms with Crippen molar-refractivity contribution >= 4 is 41.3 Å². The van der Waals surface area contributed by atoms with Crippen molar-refractivity contribution in [3.05, 3.63) is 33.0 Å². The highest BCUT2D eigenvalue weighted by atomic mass is 127. The van der Waals surface area contributed by atoms with E-state index in [9.17, 15) is 0 Å². The molecule has 27 heavy (non-hydrogen) atoms. The highest BCUT2D eigenvalue weighted by molar-refractivity contribution is 14.0. The molecule has 2 heterocycles. The molecule has 0 radical (unpaired) electrons. The molecule has 1 atom stereocenters.